The highest BCUT2D eigenvalue weighted by molar-refractivity contribution is 7.92. The molecule has 20 heavy (non-hydrogen) atoms. The molecular formula is C11H16N6O2S. The third kappa shape index (κ3) is 3.05. The molecule has 0 aliphatic rings. The Morgan fingerprint density at radius 1 is 1.35 bits per heavy atom. The number of anilines is 2. The largest absolute Gasteiger partial charge is 0.383 e. The van der Waals surface area contributed by atoms with Crippen LogP contribution in [0.2, 0.25) is 0 Å². The van der Waals surface area contributed by atoms with E-state index in [1.807, 2.05) is 6.92 Å². The number of aryl methyl sites for hydroxylation is 1. The maximum Gasteiger partial charge on any atom is 0.283 e. The van der Waals surface area contributed by atoms with E-state index >= 15 is 0 Å². The van der Waals surface area contributed by atoms with Crippen molar-refractivity contribution in [2.45, 2.75) is 18.4 Å². The predicted molar refractivity (Wildman–Crippen MR) is 74.8 cm³/mol. The lowest BCUT2D eigenvalue weighted by molar-refractivity contribution is 0.596. The number of hydrogen-bond acceptors (Lipinski definition) is 6. The van der Waals surface area contributed by atoms with Gasteiger partial charge in [0.1, 0.15) is 6.33 Å². The molecule has 0 atom stereocenters. The van der Waals surface area contributed by atoms with Crippen molar-refractivity contribution in [1.29, 1.82) is 0 Å². The van der Waals surface area contributed by atoms with Crippen LogP contribution in [0.5, 0.6) is 0 Å². The molecule has 9 heteroatoms. The van der Waals surface area contributed by atoms with Gasteiger partial charge in [0.25, 0.3) is 10.0 Å². The molecule has 0 bridgehead atoms. The first kappa shape index (κ1) is 14.3. The third-order valence-electron chi connectivity index (χ3n) is 2.53. The number of sulfonamides is 1. The van der Waals surface area contributed by atoms with Gasteiger partial charge in [0.05, 0.1) is 5.69 Å². The summed E-state index contributed by atoms with van der Waals surface area (Å²) in [4.78, 5) is 7.77. The summed E-state index contributed by atoms with van der Waals surface area (Å²) in [5.41, 5.74) is 0.462. The zero-order chi connectivity index (χ0) is 14.6. The average molecular weight is 296 g/mol. The molecule has 2 heterocycles. The van der Waals surface area contributed by atoms with Gasteiger partial charge in [-0.3, -0.25) is 0 Å². The summed E-state index contributed by atoms with van der Waals surface area (Å²) in [7, 11) is -2.22. The number of hydrogen-bond donors (Lipinski definition) is 2. The van der Waals surface area contributed by atoms with Crippen molar-refractivity contribution in [3.63, 3.8) is 0 Å². The molecule has 0 aromatic carbocycles. The van der Waals surface area contributed by atoms with Crippen LogP contribution in [0.3, 0.4) is 0 Å². The Hall–Kier alpha value is -2.16. The normalized spacial score (nSPS) is 11.3. The quantitative estimate of drug-likeness (QED) is 0.818. The highest BCUT2D eigenvalue weighted by Gasteiger charge is 2.21. The first-order valence-corrected chi connectivity index (χ1v) is 7.58. The first-order chi connectivity index (χ1) is 9.54. The SMILES string of the molecule is CCCNc1cccnc1S(=O)(=O)Nc1ncnn1C. The molecule has 0 fully saturated rings. The van der Waals surface area contributed by atoms with E-state index in [2.05, 4.69) is 25.1 Å². The summed E-state index contributed by atoms with van der Waals surface area (Å²) >= 11 is 0. The number of nitrogens with one attached hydrogen (secondary N) is 2. The molecule has 0 saturated carbocycles. The average Bonchev–Trinajstić information content (AvgIpc) is 2.81. The van der Waals surface area contributed by atoms with E-state index < -0.39 is 10.0 Å². The molecule has 0 unspecified atom stereocenters. The lowest BCUT2D eigenvalue weighted by atomic mass is 10.4. The van der Waals surface area contributed by atoms with Crippen molar-refractivity contribution in [3.8, 4) is 0 Å². The monoisotopic (exact) mass is 296 g/mol. The summed E-state index contributed by atoms with van der Waals surface area (Å²) in [6.07, 6.45) is 3.58. The van der Waals surface area contributed by atoms with E-state index in [1.54, 1.807) is 19.2 Å². The number of aromatic nitrogens is 4. The van der Waals surface area contributed by atoms with Crippen LogP contribution in [0.4, 0.5) is 11.6 Å². The van der Waals surface area contributed by atoms with Crippen LogP contribution in [0, 0.1) is 0 Å². The summed E-state index contributed by atoms with van der Waals surface area (Å²) in [5.74, 6) is 0.136. The van der Waals surface area contributed by atoms with Crippen molar-refractivity contribution in [1.82, 2.24) is 19.7 Å². The van der Waals surface area contributed by atoms with Crippen LogP contribution in [0.1, 0.15) is 13.3 Å². The van der Waals surface area contributed by atoms with Gasteiger partial charge < -0.3 is 5.32 Å². The Balaban J connectivity index is 2.32. The van der Waals surface area contributed by atoms with Crippen LogP contribution >= 0.6 is 0 Å². The molecule has 0 aliphatic carbocycles. The van der Waals surface area contributed by atoms with E-state index in [-0.39, 0.29) is 11.0 Å². The molecule has 2 aromatic heterocycles. The van der Waals surface area contributed by atoms with E-state index in [1.165, 1.54) is 17.2 Å². The summed E-state index contributed by atoms with van der Waals surface area (Å²) in [5, 5.41) is 6.79. The molecule has 0 saturated heterocycles. The minimum atomic E-state index is -3.81. The Bertz CT molecular complexity index is 682. The predicted octanol–water partition coefficient (Wildman–Crippen LogP) is 0.833. The lowest BCUT2D eigenvalue weighted by Crippen LogP contribution is -2.19. The summed E-state index contributed by atoms with van der Waals surface area (Å²) in [6, 6.07) is 3.35. The van der Waals surface area contributed by atoms with Crippen LogP contribution in [-0.4, -0.2) is 34.7 Å². The number of rotatable bonds is 6. The topological polar surface area (TPSA) is 102 Å². The van der Waals surface area contributed by atoms with Crippen LogP contribution in [0.15, 0.2) is 29.7 Å². The van der Waals surface area contributed by atoms with Crippen molar-refractivity contribution in [2.24, 2.45) is 7.05 Å². The Morgan fingerprint density at radius 3 is 2.80 bits per heavy atom. The van der Waals surface area contributed by atoms with Crippen molar-refractivity contribution in [3.05, 3.63) is 24.7 Å². The second-order valence-electron chi connectivity index (χ2n) is 4.10. The van der Waals surface area contributed by atoms with Crippen LogP contribution < -0.4 is 10.0 Å². The minimum absolute atomic E-state index is 0.0588. The Labute approximate surface area is 117 Å². The molecular weight excluding hydrogens is 280 g/mol. The number of pyridine rings is 1. The van der Waals surface area contributed by atoms with Gasteiger partial charge in [-0.25, -0.2) is 14.4 Å². The van der Waals surface area contributed by atoms with Crippen LogP contribution in [0.25, 0.3) is 0 Å². The Morgan fingerprint density at radius 2 is 2.15 bits per heavy atom. The first-order valence-electron chi connectivity index (χ1n) is 6.10. The molecule has 108 valence electrons. The fraction of sp³-hybridized carbons (Fsp3) is 0.364. The molecule has 8 nitrogen and oxygen atoms in total. The molecule has 0 amide bonds. The Kier molecular flexibility index (Phi) is 4.18. The maximum absolute atomic E-state index is 12.3. The molecule has 0 radical (unpaired) electrons. The van der Waals surface area contributed by atoms with E-state index in [0.29, 0.717) is 12.2 Å². The van der Waals surface area contributed by atoms with Gasteiger partial charge in [-0.1, -0.05) is 6.92 Å². The van der Waals surface area contributed by atoms with Gasteiger partial charge in [-0.05, 0) is 18.6 Å². The highest BCUT2D eigenvalue weighted by atomic mass is 32.2. The summed E-state index contributed by atoms with van der Waals surface area (Å²) < 4.78 is 28.4. The zero-order valence-electron chi connectivity index (χ0n) is 11.2. The molecule has 2 N–H and O–H groups in total. The van der Waals surface area contributed by atoms with Gasteiger partial charge in [-0.15, -0.1) is 0 Å². The van der Waals surface area contributed by atoms with Gasteiger partial charge in [0.15, 0.2) is 5.03 Å². The van der Waals surface area contributed by atoms with Gasteiger partial charge in [-0.2, -0.15) is 18.5 Å². The smallest absolute Gasteiger partial charge is 0.283 e. The van der Waals surface area contributed by atoms with Gasteiger partial charge in [0, 0.05) is 19.8 Å². The second-order valence-corrected chi connectivity index (χ2v) is 5.69. The van der Waals surface area contributed by atoms with Gasteiger partial charge in [0.2, 0.25) is 5.95 Å². The van der Waals surface area contributed by atoms with Gasteiger partial charge >= 0.3 is 0 Å². The van der Waals surface area contributed by atoms with E-state index in [0.717, 1.165) is 6.42 Å². The molecule has 2 rings (SSSR count). The fourth-order valence-corrected chi connectivity index (χ4v) is 2.71. The molecule has 0 spiro atoms. The highest BCUT2D eigenvalue weighted by Crippen LogP contribution is 2.20. The summed E-state index contributed by atoms with van der Waals surface area (Å²) in [6.45, 7) is 2.66. The zero-order valence-corrected chi connectivity index (χ0v) is 12.1. The second kappa shape index (κ2) is 5.87. The van der Waals surface area contributed by atoms with Crippen molar-refractivity contribution < 1.29 is 8.42 Å². The van der Waals surface area contributed by atoms with Crippen molar-refractivity contribution >= 4 is 21.7 Å². The maximum atomic E-state index is 12.3. The standard InChI is InChI=1S/C11H16N6O2S/c1-3-6-12-9-5-4-7-13-10(9)20(18,19)16-11-14-8-15-17(11)2/h4-5,7-8,12H,3,6H2,1-2H3,(H,14,15,16). The van der Waals surface area contributed by atoms with E-state index in [9.17, 15) is 8.42 Å². The third-order valence-corrected chi connectivity index (χ3v) is 3.81. The van der Waals surface area contributed by atoms with Crippen molar-refractivity contribution in [2.75, 3.05) is 16.6 Å². The lowest BCUT2D eigenvalue weighted by Gasteiger charge is -2.11. The van der Waals surface area contributed by atoms with Crippen LogP contribution in [-0.2, 0) is 17.1 Å². The van der Waals surface area contributed by atoms with E-state index in [4.69, 9.17) is 0 Å². The minimum Gasteiger partial charge on any atom is -0.383 e. The fourth-order valence-electron chi connectivity index (χ4n) is 1.56. The molecule has 0 aliphatic heterocycles. The molecule has 2 aromatic rings. The number of nitrogens with zero attached hydrogens (tertiary/aromatic N) is 4.